The minimum Gasteiger partial charge on any atom is -0.494 e. The van der Waals surface area contributed by atoms with Crippen LogP contribution in [0.25, 0.3) is 0 Å². The Morgan fingerprint density at radius 1 is 1.15 bits per heavy atom. The number of carbonyl (C=O) groups is 2. The maximum atomic E-state index is 12.4. The van der Waals surface area contributed by atoms with Crippen molar-refractivity contribution in [1.82, 2.24) is 5.32 Å². The van der Waals surface area contributed by atoms with E-state index in [1.807, 2.05) is 63.2 Å². The number of amides is 2. The molecule has 0 spiro atoms. The van der Waals surface area contributed by atoms with Gasteiger partial charge in [0.1, 0.15) is 5.75 Å². The summed E-state index contributed by atoms with van der Waals surface area (Å²) in [6, 6.07) is 13.2. The average Bonchev–Trinajstić information content (AvgIpc) is 3.03. The zero-order valence-electron chi connectivity index (χ0n) is 16.1. The van der Waals surface area contributed by atoms with Crippen LogP contribution in [0.2, 0.25) is 0 Å². The number of ether oxygens (including phenoxy) is 1. The van der Waals surface area contributed by atoms with Crippen LogP contribution in [0.1, 0.15) is 34.8 Å². The molecule has 27 heavy (non-hydrogen) atoms. The van der Waals surface area contributed by atoms with Crippen molar-refractivity contribution in [3.05, 3.63) is 59.2 Å². The van der Waals surface area contributed by atoms with Crippen LogP contribution in [0.3, 0.4) is 0 Å². The fourth-order valence-corrected chi connectivity index (χ4v) is 3.28. The van der Waals surface area contributed by atoms with Crippen LogP contribution >= 0.6 is 0 Å². The van der Waals surface area contributed by atoms with Crippen molar-refractivity contribution in [3.8, 4) is 5.75 Å². The zero-order chi connectivity index (χ0) is 19.4. The molecular formula is C22H26N2O3. The topological polar surface area (TPSA) is 58.6 Å². The second-order valence-electron chi connectivity index (χ2n) is 7.01. The maximum absolute atomic E-state index is 12.4. The van der Waals surface area contributed by atoms with Crippen molar-refractivity contribution < 1.29 is 14.3 Å². The molecule has 1 aliphatic rings. The Morgan fingerprint density at radius 2 is 1.89 bits per heavy atom. The number of nitrogens with zero attached hydrogens (tertiary/aromatic N) is 1. The lowest BCUT2D eigenvalue weighted by Crippen LogP contribution is -2.31. The van der Waals surface area contributed by atoms with Crippen molar-refractivity contribution in [1.29, 1.82) is 0 Å². The highest BCUT2D eigenvalue weighted by atomic mass is 16.5. The third-order valence-corrected chi connectivity index (χ3v) is 4.98. The molecule has 1 saturated heterocycles. The molecule has 2 amide bonds. The largest absolute Gasteiger partial charge is 0.494 e. The molecule has 0 saturated carbocycles. The fourth-order valence-electron chi connectivity index (χ4n) is 3.28. The van der Waals surface area contributed by atoms with Crippen molar-refractivity contribution in [2.45, 2.75) is 27.2 Å². The third-order valence-electron chi connectivity index (χ3n) is 4.98. The Morgan fingerprint density at radius 3 is 2.56 bits per heavy atom. The van der Waals surface area contributed by atoms with Crippen LogP contribution in [0.4, 0.5) is 5.69 Å². The van der Waals surface area contributed by atoms with E-state index in [0.29, 0.717) is 31.7 Å². The molecule has 2 aromatic rings. The van der Waals surface area contributed by atoms with E-state index in [2.05, 4.69) is 5.32 Å². The van der Waals surface area contributed by atoms with Crippen LogP contribution in [0.5, 0.6) is 5.75 Å². The van der Waals surface area contributed by atoms with E-state index in [-0.39, 0.29) is 17.7 Å². The smallest absolute Gasteiger partial charge is 0.251 e. The molecule has 0 bridgehead atoms. The maximum Gasteiger partial charge on any atom is 0.251 e. The Bertz CT molecular complexity index is 830. The molecule has 1 N–H and O–H groups in total. The lowest BCUT2D eigenvalue weighted by atomic mass is 10.1. The second kappa shape index (κ2) is 8.25. The molecule has 142 valence electrons. The number of carbonyl (C=O) groups excluding carboxylic acids is 2. The fraction of sp³-hybridized carbons (Fsp3) is 0.364. The summed E-state index contributed by atoms with van der Waals surface area (Å²) in [6.45, 7) is 7.68. The lowest BCUT2D eigenvalue weighted by Gasteiger charge is -2.17. The molecule has 5 nitrogen and oxygen atoms in total. The van der Waals surface area contributed by atoms with Gasteiger partial charge in [-0.05, 0) is 68.3 Å². The van der Waals surface area contributed by atoms with E-state index >= 15 is 0 Å². The SMILES string of the molecule is CCOc1ccc(N2CC(CNC(=O)c3ccc(C)c(C)c3)CC2=O)cc1. The summed E-state index contributed by atoms with van der Waals surface area (Å²) in [6.07, 6.45) is 0.445. The number of nitrogens with one attached hydrogen (secondary N) is 1. The van der Waals surface area contributed by atoms with E-state index in [1.54, 1.807) is 4.90 Å². The van der Waals surface area contributed by atoms with Gasteiger partial charge in [0.05, 0.1) is 6.61 Å². The Balaban J connectivity index is 1.57. The van der Waals surface area contributed by atoms with Gasteiger partial charge in [0, 0.05) is 36.7 Å². The molecular weight excluding hydrogens is 340 g/mol. The number of hydrogen-bond acceptors (Lipinski definition) is 3. The Kier molecular flexibility index (Phi) is 5.79. The van der Waals surface area contributed by atoms with Crippen LogP contribution in [-0.4, -0.2) is 31.5 Å². The summed E-state index contributed by atoms with van der Waals surface area (Å²) < 4.78 is 5.44. The molecule has 1 atom stereocenters. The quantitative estimate of drug-likeness (QED) is 0.851. The van der Waals surface area contributed by atoms with Crippen molar-refractivity contribution in [2.75, 3.05) is 24.6 Å². The first-order valence-corrected chi connectivity index (χ1v) is 9.36. The highest BCUT2D eigenvalue weighted by Gasteiger charge is 2.30. The molecule has 5 heteroatoms. The molecule has 1 unspecified atom stereocenters. The Labute approximate surface area is 160 Å². The van der Waals surface area contributed by atoms with Gasteiger partial charge in [-0.2, -0.15) is 0 Å². The van der Waals surface area contributed by atoms with Gasteiger partial charge in [0.15, 0.2) is 0 Å². The predicted molar refractivity (Wildman–Crippen MR) is 106 cm³/mol. The molecule has 0 radical (unpaired) electrons. The molecule has 1 fully saturated rings. The van der Waals surface area contributed by atoms with Gasteiger partial charge in [-0.1, -0.05) is 6.07 Å². The van der Waals surface area contributed by atoms with E-state index in [9.17, 15) is 9.59 Å². The van der Waals surface area contributed by atoms with Crippen LogP contribution < -0.4 is 15.0 Å². The highest BCUT2D eigenvalue weighted by molar-refractivity contribution is 5.96. The van der Waals surface area contributed by atoms with E-state index < -0.39 is 0 Å². The number of hydrogen-bond donors (Lipinski definition) is 1. The highest BCUT2D eigenvalue weighted by Crippen LogP contribution is 2.26. The standard InChI is InChI=1S/C22H26N2O3/c1-4-27-20-9-7-19(8-10-20)24-14-17(12-21(24)25)13-23-22(26)18-6-5-15(2)16(3)11-18/h5-11,17H,4,12-14H2,1-3H3,(H,23,26). The second-order valence-corrected chi connectivity index (χ2v) is 7.01. The number of anilines is 1. The van der Waals surface area contributed by atoms with Crippen LogP contribution in [0.15, 0.2) is 42.5 Å². The number of aryl methyl sites for hydroxylation is 2. The van der Waals surface area contributed by atoms with E-state index in [1.165, 1.54) is 5.56 Å². The number of rotatable bonds is 6. The molecule has 0 aromatic heterocycles. The molecule has 2 aromatic carbocycles. The summed E-state index contributed by atoms with van der Waals surface area (Å²) in [5.74, 6) is 0.902. The minimum atomic E-state index is -0.0925. The van der Waals surface area contributed by atoms with Crippen molar-refractivity contribution in [2.24, 2.45) is 5.92 Å². The van der Waals surface area contributed by atoms with Gasteiger partial charge >= 0.3 is 0 Å². The van der Waals surface area contributed by atoms with E-state index in [4.69, 9.17) is 4.74 Å². The van der Waals surface area contributed by atoms with Gasteiger partial charge in [-0.3, -0.25) is 9.59 Å². The summed E-state index contributed by atoms with van der Waals surface area (Å²) >= 11 is 0. The first-order chi connectivity index (χ1) is 13.0. The summed E-state index contributed by atoms with van der Waals surface area (Å²) in [5.41, 5.74) is 3.79. The van der Waals surface area contributed by atoms with E-state index in [0.717, 1.165) is 17.0 Å². The van der Waals surface area contributed by atoms with Crippen molar-refractivity contribution in [3.63, 3.8) is 0 Å². The Hall–Kier alpha value is -2.82. The van der Waals surface area contributed by atoms with Gasteiger partial charge < -0.3 is 15.0 Å². The van der Waals surface area contributed by atoms with Crippen LogP contribution in [-0.2, 0) is 4.79 Å². The molecule has 1 aliphatic heterocycles. The molecule has 1 heterocycles. The van der Waals surface area contributed by atoms with Crippen molar-refractivity contribution >= 4 is 17.5 Å². The normalized spacial score (nSPS) is 16.5. The van der Waals surface area contributed by atoms with Gasteiger partial charge in [0.25, 0.3) is 5.91 Å². The summed E-state index contributed by atoms with van der Waals surface area (Å²) in [7, 11) is 0. The van der Waals surface area contributed by atoms with Gasteiger partial charge in [-0.25, -0.2) is 0 Å². The first kappa shape index (κ1) is 19.0. The van der Waals surface area contributed by atoms with Gasteiger partial charge in [-0.15, -0.1) is 0 Å². The first-order valence-electron chi connectivity index (χ1n) is 9.36. The molecule has 3 rings (SSSR count). The summed E-state index contributed by atoms with van der Waals surface area (Å²) in [5, 5.41) is 2.97. The molecule has 0 aliphatic carbocycles. The van der Waals surface area contributed by atoms with Crippen LogP contribution in [0, 0.1) is 19.8 Å². The number of benzene rings is 2. The summed E-state index contributed by atoms with van der Waals surface area (Å²) in [4.78, 5) is 26.5. The predicted octanol–water partition coefficient (Wildman–Crippen LogP) is 3.49. The minimum absolute atomic E-state index is 0.0876. The van der Waals surface area contributed by atoms with Gasteiger partial charge in [0.2, 0.25) is 5.91 Å². The lowest BCUT2D eigenvalue weighted by molar-refractivity contribution is -0.117. The zero-order valence-corrected chi connectivity index (χ0v) is 16.1. The third kappa shape index (κ3) is 4.48. The monoisotopic (exact) mass is 366 g/mol. The average molecular weight is 366 g/mol.